The fourth-order valence-electron chi connectivity index (χ4n) is 6.27. The van der Waals surface area contributed by atoms with Crippen LogP contribution in [0.25, 0.3) is 27.8 Å². The first kappa shape index (κ1) is 33.3. The number of hydrogen-bond acceptors (Lipinski definition) is 11. The molecular formula is C32H47N10O4+. The van der Waals surface area contributed by atoms with Crippen LogP contribution in [0.3, 0.4) is 0 Å². The molecule has 4 heterocycles. The number of nitrogen functional groups attached to an aromatic ring is 1. The Bertz CT molecular complexity index is 1660. The van der Waals surface area contributed by atoms with Crippen molar-refractivity contribution in [2.45, 2.75) is 77.1 Å². The maximum absolute atomic E-state index is 10.3. The summed E-state index contributed by atoms with van der Waals surface area (Å²) in [4.78, 5) is 14.1. The van der Waals surface area contributed by atoms with Crippen LogP contribution in [0.4, 0.5) is 11.6 Å². The van der Waals surface area contributed by atoms with Crippen molar-refractivity contribution in [2.24, 2.45) is 0 Å². The number of fused-ring (bicyclic) bond motifs is 2. The molecule has 14 heteroatoms. The van der Waals surface area contributed by atoms with Gasteiger partial charge in [-0.15, -0.1) is 0 Å². The van der Waals surface area contributed by atoms with Crippen LogP contribution in [0.15, 0.2) is 36.7 Å². The number of aryl methyl sites for hydroxylation is 2. The number of hydrogen-bond donors (Lipinski definition) is 9. The molecule has 1 saturated heterocycles. The zero-order valence-corrected chi connectivity index (χ0v) is 26.5. The summed E-state index contributed by atoms with van der Waals surface area (Å²) in [6.45, 7) is 7.76. The van der Waals surface area contributed by atoms with Gasteiger partial charge >= 0.3 is 0 Å². The summed E-state index contributed by atoms with van der Waals surface area (Å²) >= 11 is 0. The average molecular weight is 636 g/mol. The summed E-state index contributed by atoms with van der Waals surface area (Å²) in [6.07, 6.45) is 3.23. The second-order valence-corrected chi connectivity index (χ2v) is 11.8. The van der Waals surface area contributed by atoms with E-state index in [-0.39, 0.29) is 25.6 Å². The van der Waals surface area contributed by atoms with Gasteiger partial charge in [0.05, 0.1) is 25.3 Å². The molecule has 10 N–H and O–H groups in total. The van der Waals surface area contributed by atoms with Crippen LogP contribution in [0, 0.1) is 5.41 Å². The molecule has 4 aromatic rings. The topological polar surface area (TPSA) is 208 Å². The van der Waals surface area contributed by atoms with Crippen LogP contribution in [0.1, 0.15) is 44.5 Å². The zero-order chi connectivity index (χ0) is 32.8. The Morgan fingerprint density at radius 3 is 2.65 bits per heavy atom. The highest BCUT2D eigenvalue weighted by atomic mass is 16.4. The molecule has 5 rings (SSSR count). The molecule has 0 saturated carbocycles. The van der Waals surface area contributed by atoms with Crippen LogP contribution in [0.5, 0.6) is 0 Å². The predicted octanol–water partition coefficient (Wildman–Crippen LogP) is 0.944. The third-order valence-corrected chi connectivity index (χ3v) is 8.85. The first-order valence-corrected chi connectivity index (χ1v) is 16.0. The maximum Gasteiger partial charge on any atom is 0.277 e. The number of piperidine rings is 1. The fraction of sp³-hybridized carbons (Fsp3) is 0.500. The van der Waals surface area contributed by atoms with Gasteiger partial charge in [0.2, 0.25) is 0 Å². The van der Waals surface area contributed by atoms with Crippen LogP contribution in [0.2, 0.25) is 0 Å². The van der Waals surface area contributed by atoms with Crippen molar-refractivity contribution in [1.82, 2.24) is 29.7 Å². The van der Waals surface area contributed by atoms with Gasteiger partial charge in [-0.3, -0.25) is 0 Å². The number of aliphatic hydroxyl groups excluding tert-OH is 4. The molecular weight excluding hydrogens is 588 g/mol. The molecule has 14 nitrogen and oxygen atoms in total. The number of anilines is 2. The number of nitrogens with one attached hydrogen (secondary N) is 4. The van der Waals surface area contributed by atoms with Crippen LogP contribution in [-0.2, 0) is 19.6 Å². The molecule has 0 bridgehead atoms. The van der Waals surface area contributed by atoms with Gasteiger partial charge in [0.25, 0.3) is 5.82 Å². The minimum atomic E-state index is -1.29. The monoisotopic (exact) mass is 635 g/mol. The van der Waals surface area contributed by atoms with E-state index in [4.69, 9.17) is 16.2 Å². The first-order chi connectivity index (χ1) is 22.3. The van der Waals surface area contributed by atoms with E-state index >= 15 is 0 Å². The lowest BCUT2D eigenvalue weighted by molar-refractivity contribution is -0.676. The number of benzene rings is 1. The van der Waals surface area contributed by atoms with Gasteiger partial charge in [-0.25, -0.2) is 19.1 Å². The van der Waals surface area contributed by atoms with E-state index in [9.17, 15) is 15.3 Å². The number of likely N-dealkylation sites (tertiary alicyclic amines) is 1. The van der Waals surface area contributed by atoms with Gasteiger partial charge in [-0.05, 0) is 62.9 Å². The number of nitrogens with two attached hydrogens (primary N) is 1. The summed E-state index contributed by atoms with van der Waals surface area (Å²) in [6, 6.07) is 8.36. The average Bonchev–Trinajstić information content (AvgIpc) is 3.64. The predicted molar refractivity (Wildman–Crippen MR) is 178 cm³/mol. The van der Waals surface area contributed by atoms with Crippen molar-refractivity contribution >= 4 is 45.6 Å². The molecule has 1 aromatic carbocycles. The van der Waals surface area contributed by atoms with E-state index in [0.29, 0.717) is 23.8 Å². The Kier molecular flexibility index (Phi) is 10.9. The number of H-pyrrole nitrogens is 1. The van der Waals surface area contributed by atoms with Gasteiger partial charge in [-0.2, -0.15) is 0 Å². The lowest BCUT2D eigenvalue weighted by atomic mass is 10.0. The number of nitrogens with zero attached hydrogens (tertiary/aromatic N) is 5. The molecule has 0 radical (unpaired) electrons. The number of aliphatic hydroxyl groups is 4. The highest BCUT2D eigenvalue weighted by Crippen LogP contribution is 2.23. The third kappa shape index (κ3) is 7.16. The lowest BCUT2D eigenvalue weighted by Crippen LogP contribution is -2.48. The van der Waals surface area contributed by atoms with Gasteiger partial charge in [0.1, 0.15) is 18.2 Å². The van der Waals surface area contributed by atoms with Crippen molar-refractivity contribution in [2.75, 3.05) is 37.3 Å². The van der Waals surface area contributed by atoms with E-state index in [1.807, 2.05) is 18.3 Å². The van der Waals surface area contributed by atoms with Crippen LogP contribution >= 0.6 is 0 Å². The lowest BCUT2D eigenvalue weighted by Gasteiger charge is -2.34. The zero-order valence-electron chi connectivity index (χ0n) is 26.5. The molecule has 0 spiro atoms. The number of rotatable bonds is 15. The second kappa shape index (κ2) is 15.0. The number of aromatic nitrogens is 5. The summed E-state index contributed by atoms with van der Waals surface area (Å²) in [5.41, 5.74) is 11.5. The molecule has 248 valence electrons. The Labute approximate surface area is 268 Å². The SMILES string of the molecule is CCn1c(CNc2nc3cc[nH]c3nc2N)[n+](CC)c2ccc(/C(C=N)=C/NC3CCN(C[C@H](O)[C@@H](O)[C@H](O)CCO)CC3)cc21. The molecule has 1 fully saturated rings. The molecule has 46 heavy (non-hydrogen) atoms. The Morgan fingerprint density at radius 2 is 1.96 bits per heavy atom. The smallest absolute Gasteiger partial charge is 0.277 e. The van der Waals surface area contributed by atoms with Gasteiger partial charge < -0.3 is 52.1 Å². The highest BCUT2D eigenvalue weighted by Gasteiger charge is 2.28. The van der Waals surface area contributed by atoms with E-state index in [1.54, 1.807) is 6.20 Å². The summed E-state index contributed by atoms with van der Waals surface area (Å²) in [5.74, 6) is 1.96. The summed E-state index contributed by atoms with van der Waals surface area (Å²) in [5, 5.41) is 54.4. The molecule has 0 amide bonds. The fourth-order valence-corrected chi connectivity index (χ4v) is 6.27. The van der Waals surface area contributed by atoms with Crippen LogP contribution < -0.4 is 20.9 Å². The number of β-amino-alcohol motifs (C(OH)–C–C–N with tert-alkyl or cyclic N) is 1. The molecule has 0 unspecified atom stereocenters. The van der Waals surface area contributed by atoms with E-state index in [0.717, 1.165) is 72.5 Å². The minimum Gasteiger partial charge on any atom is -0.396 e. The van der Waals surface area contributed by atoms with Crippen LogP contribution in [-0.4, -0.2) is 102 Å². The number of allylic oxidation sites excluding steroid dienone is 1. The van der Waals surface area contributed by atoms with Crippen molar-refractivity contribution in [3.63, 3.8) is 0 Å². The highest BCUT2D eigenvalue weighted by molar-refractivity contribution is 6.09. The second-order valence-electron chi connectivity index (χ2n) is 11.8. The summed E-state index contributed by atoms with van der Waals surface area (Å²) < 4.78 is 4.55. The Morgan fingerprint density at radius 1 is 1.17 bits per heavy atom. The maximum atomic E-state index is 10.3. The van der Waals surface area contributed by atoms with Crippen molar-refractivity contribution < 1.29 is 25.0 Å². The Balaban J connectivity index is 1.26. The third-order valence-electron chi connectivity index (χ3n) is 8.85. The Hall–Kier alpha value is -4.08. The standard InChI is InChI=1S/C32H47N10O4/c1-3-41-24-6-5-20(15-25(24)42(4-2)28(41)18-37-32-30(34)39-31-23(38-32)7-11-35-31)21(16-33)17-36-22-8-12-40(13-9-22)19-27(45)29(46)26(44)10-14-43/h5-7,11,15-17,22,26-27,29,33,36,43-46H,3-4,8-10,12-14,18-19H2,1-2H3,(H,37,38)(H3,34,35,39)/q+1/b21-17+,33-16?/t26-,27+,29+/m1/s1. The van der Waals surface area contributed by atoms with Gasteiger partial charge in [0, 0.05) is 56.5 Å². The molecule has 1 aliphatic rings. The number of aromatic amines is 1. The first-order valence-electron chi connectivity index (χ1n) is 16.0. The van der Waals surface area contributed by atoms with Crippen molar-refractivity contribution in [1.29, 1.82) is 5.41 Å². The molecule has 3 atom stereocenters. The normalized spacial score (nSPS) is 17.0. The summed E-state index contributed by atoms with van der Waals surface area (Å²) in [7, 11) is 0. The molecule has 3 aromatic heterocycles. The van der Waals surface area contributed by atoms with Gasteiger partial charge in [-0.1, -0.05) is 0 Å². The van der Waals surface area contributed by atoms with Crippen molar-refractivity contribution in [3.05, 3.63) is 48.1 Å². The van der Waals surface area contributed by atoms with Gasteiger partial charge in [0.15, 0.2) is 28.3 Å². The van der Waals surface area contributed by atoms with E-state index < -0.39 is 18.3 Å². The van der Waals surface area contributed by atoms with E-state index in [2.05, 4.69) is 65.6 Å². The molecule has 1 aliphatic heterocycles. The van der Waals surface area contributed by atoms with E-state index in [1.165, 1.54) is 6.21 Å². The molecule has 0 aliphatic carbocycles. The quantitative estimate of drug-likeness (QED) is 0.0667. The minimum absolute atomic E-state index is 0.0251. The number of imidazole rings is 1. The van der Waals surface area contributed by atoms with Crippen molar-refractivity contribution in [3.8, 4) is 0 Å². The largest absolute Gasteiger partial charge is 0.396 e.